The van der Waals surface area contributed by atoms with E-state index in [1.807, 2.05) is 24.3 Å². The van der Waals surface area contributed by atoms with Crippen LogP contribution < -0.4 is 10.1 Å². The van der Waals surface area contributed by atoms with Crippen LogP contribution in [0.2, 0.25) is 5.02 Å². The zero-order chi connectivity index (χ0) is 20.1. The van der Waals surface area contributed by atoms with Gasteiger partial charge < -0.3 is 19.9 Å². The Bertz CT molecular complexity index is 860. The molecule has 1 fully saturated rings. The van der Waals surface area contributed by atoms with E-state index in [1.54, 1.807) is 0 Å². The number of methoxy groups -OCH3 is 1. The number of ether oxygens (including phenoxy) is 2. The maximum Gasteiger partial charge on any atom is 0.351 e. The fourth-order valence-corrected chi connectivity index (χ4v) is 4.79. The number of benzene rings is 1. The molecule has 3 rings (SSSR count). The first-order valence-electron chi connectivity index (χ1n) is 9.11. The summed E-state index contributed by atoms with van der Waals surface area (Å²) in [5, 5.41) is 12.7. The molecular formula is C20H22ClNO5S. The molecule has 0 aliphatic heterocycles. The predicted octanol–water partition coefficient (Wildman–Crippen LogP) is 5.06. The monoisotopic (exact) mass is 423 g/mol. The average Bonchev–Trinajstić information content (AvgIpc) is 3.03. The van der Waals surface area contributed by atoms with E-state index in [0.717, 1.165) is 35.4 Å². The van der Waals surface area contributed by atoms with E-state index in [2.05, 4.69) is 5.32 Å². The van der Waals surface area contributed by atoms with Gasteiger partial charge in [0.25, 0.3) is 0 Å². The highest BCUT2D eigenvalue weighted by molar-refractivity contribution is 7.18. The van der Waals surface area contributed by atoms with Crippen LogP contribution in [0.15, 0.2) is 24.3 Å². The van der Waals surface area contributed by atoms with Crippen molar-refractivity contribution in [3.05, 3.63) is 34.2 Å². The Labute approximate surface area is 172 Å². The smallest absolute Gasteiger partial charge is 0.351 e. The van der Waals surface area contributed by atoms with Crippen LogP contribution in [-0.2, 0) is 9.53 Å². The summed E-state index contributed by atoms with van der Waals surface area (Å²) >= 11 is 7.58. The number of hydrogen-bond donors (Lipinski definition) is 2. The number of carboxylic acid groups (broad SMARTS) is 1. The van der Waals surface area contributed by atoms with Gasteiger partial charge >= 0.3 is 11.9 Å². The van der Waals surface area contributed by atoms with Crippen molar-refractivity contribution >= 4 is 40.6 Å². The van der Waals surface area contributed by atoms with Crippen LogP contribution >= 0.6 is 22.9 Å². The molecule has 0 spiro atoms. The third kappa shape index (κ3) is 4.77. The summed E-state index contributed by atoms with van der Waals surface area (Å²) in [4.78, 5) is 23.7. The Morgan fingerprint density at radius 3 is 2.71 bits per heavy atom. The van der Waals surface area contributed by atoms with Crippen LogP contribution in [-0.4, -0.2) is 36.8 Å². The van der Waals surface area contributed by atoms with Crippen LogP contribution in [0.3, 0.4) is 0 Å². The van der Waals surface area contributed by atoms with Crippen molar-refractivity contribution in [1.29, 1.82) is 0 Å². The molecule has 2 aromatic rings. The van der Waals surface area contributed by atoms with Crippen LogP contribution in [0.25, 0.3) is 10.4 Å². The standard InChI is InChI=1S/C20H22ClNO5S/c1-26-20(25)19-17(27-11-15(23)24)16(21)18(28-19)12-6-5-9-14(10-12)22-13-7-3-2-4-8-13/h5-6,9-10,13,22H,2-4,7-8,11H2,1H3,(H,23,24). The number of thiophene rings is 1. The first-order chi connectivity index (χ1) is 13.5. The number of anilines is 1. The summed E-state index contributed by atoms with van der Waals surface area (Å²) in [6.45, 7) is -0.594. The molecule has 0 bridgehead atoms. The van der Waals surface area contributed by atoms with Gasteiger partial charge in [0.2, 0.25) is 0 Å². The van der Waals surface area contributed by atoms with Crippen LogP contribution in [0.1, 0.15) is 41.8 Å². The van der Waals surface area contributed by atoms with Crippen molar-refractivity contribution in [2.75, 3.05) is 19.0 Å². The Balaban J connectivity index is 1.90. The molecule has 150 valence electrons. The van der Waals surface area contributed by atoms with Crippen molar-refractivity contribution in [1.82, 2.24) is 0 Å². The molecule has 1 aliphatic carbocycles. The van der Waals surface area contributed by atoms with Gasteiger partial charge in [-0.2, -0.15) is 0 Å². The summed E-state index contributed by atoms with van der Waals surface area (Å²) < 4.78 is 10.1. The van der Waals surface area contributed by atoms with Gasteiger partial charge in [-0.25, -0.2) is 9.59 Å². The minimum Gasteiger partial charge on any atom is -0.479 e. The van der Waals surface area contributed by atoms with Gasteiger partial charge in [0.1, 0.15) is 5.02 Å². The average molecular weight is 424 g/mol. The van der Waals surface area contributed by atoms with Gasteiger partial charge in [0.05, 0.1) is 12.0 Å². The second kappa shape index (κ2) is 9.30. The highest BCUT2D eigenvalue weighted by atomic mass is 35.5. The Kier molecular flexibility index (Phi) is 6.80. The SMILES string of the molecule is COC(=O)c1sc(-c2cccc(NC3CCCCC3)c2)c(Cl)c1OCC(=O)O. The van der Waals surface area contributed by atoms with E-state index in [-0.39, 0.29) is 15.6 Å². The lowest BCUT2D eigenvalue weighted by Crippen LogP contribution is -2.22. The van der Waals surface area contributed by atoms with Gasteiger partial charge in [0, 0.05) is 11.7 Å². The Morgan fingerprint density at radius 2 is 2.04 bits per heavy atom. The number of halogens is 1. The number of rotatable bonds is 7. The lowest BCUT2D eigenvalue weighted by molar-refractivity contribution is -0.139. The number of aliphatic carboxylic acids is 1. The van der Waals surface area contributed by atoms with Crippen molar-refractivity contribution in [3.8, 4) is 16.2 Å². The zero-order valence-corrected chi connectivity index (χ0v) is 17.1. The van der Waals surface area contributed by atoms with E-state index in [9.17, 15) is 9.59 Å². The number of hydrogen-bond acceptors (Lipinski definition) is 6. The van der Waals surface area contributed by atoms with Crippen LogP contribution in [0, 0.1) is 0 Å². The normalized spacial score (nSPS) is 14.5. The largest absolute Gasteiger partial charge is 0.479 e. The number of carbonyl (C=O) groups excluding carboxylic acids is 1. The number of nitrogens with one attached hydrogen (secondary N) is 1. The summed E-state index contributed by atoms with van der Waals surface area (Å²) in [5.74, 6) is -1.73. The molecule has 6 nitrogen and oxygen atoms in total. The van der Waals surface area contributed by atoms with Crippen molar-refractivity contribution in [2.45, 2.75) is 38.1 Å². The topological polar surface area (TPSA) is 84.9 Å². The molecule has 0 saturated heterocycles. The lowest BCUT2D eigenvalue weighted by atomic mass is 9.95. The quantitative estimate of drug-likeness (QED) is 0.605. The molecule has 1 heterocycles. The van der Waals surface area contributed by atoms with Crippen molar-refractivity contribution in [2.24, 2.45) is 0 Å². The van der Waals surface area contributed by atoms with E-state index < -0.39 is 18.5 Å². The van der Waals surface area contributed by atoms with Gasteiger partial charge in [-0.1, -0.05) is 43.0 Å². The molecule has 2 N–H and O–H groups in total. The first-order valence-corrected chi connectivity index (χ1v) is 10.3. The second-order valence-electron chi connectivity index (χ2n) is 6.64. The van der Waals surface area contributed by atoms with E-state index in [0.29, 0.717) is 10.9 Å². The molecule has 0 unspecified atom stereocenters. The molecule has 0 radical (unpaired) electrons. The fourth-order valence-electron chi connectivity index (χ4n) is 3.30. The molecule has 0 amide bonds. The van der Waals surface area contributed by atoms with Crippen molar-refractivity contribution < 1.29 is 24.2 Å². The molecule has 1 aliphatic rings. The summed E-state index contributed by atoms with van der Waals surface area (Å²) in [6.07, 6.45) is 6.08. The zero-order valence-electron chi connectivity index (χ0n) is 15.5. The second-order valence-corrected chi connectivity index (χ2v) is 8.04. The van der Waals surface area contributed by atoms with E-state index >= 15 is 0 Å². The minimum atomic E-state index is -1.15. The molecule has 28 heavy (non-hydrogen) atoms. The first kappa shape index (κ1) is 20.5. The molecule has 8 heteroatoms. The number of carboxylic acids is 1. The van der Waals surface area contributed by atoms with Gasteiger partial charge in [0.15, 0.2) is 17.2 Å². The molecule has 0 atom stereocenters. The minimum absolute atomic E-state index is 0.0431. The number of carbonyl (C=O) groups is 2. The van der Waals surface area contributed by atoms with Crippen LogP contribution in [0.5, 0.6) is 5.75 Å². The number of esters is 1. The maximum absolute atomic E-state index is 12.1. The third-order valence-corrected chi connectivity index (χ3v) is 6.29. The highest BCUT2D eigenvalue weighted by Gasteiger charge is 2.25. The summed E-state index contributed by atoms with van der Waals surface area (Å²) in [6, 6.07) is 8.26. The summed E-state index contributed by atoms with van der Waals surface area (Å²) in [7, 11) is 1.26. The molecule has 1 saturated carbocycles. The fraction of sp³-hybridized carbons (Fsp3) is 0.400. The summed E-state index contributed by atoms with van der Waals surface area (Å²) in [5.41, 5.74) is 1.81. The maximum atomic E-state index is 12.1. The predicted molar refractivity (Wildman–Crippen MR) is 110 cm³/mol. The van der Waals surface area contributed by atoms with Crippen molar-refractivity contribution in [3.63, 3.8) is 0 Å². The highest BCUT2D eigenvalue weighted by Crippen LogP contribution is 2.46. The Morgan fingerprint density at radius 1 is 1.29 bits per heavy atom. The molecule has 1 aromatic carbocycles. The third-order valence-electron chi connectivity index (χ3n) is 4.62. The van der Waals surface area contributed by atoms with Gasteiger partial charge in [-0.3, -0.25) is 0 Å². The van der Waals surface area contributed by atoms with E-state index in [1.165, 1.54) is 26.4 Å². The van der Waals surface area contributed by atoms with Gasteiger partial charge in [-0.15, -0.1) is 11.3 Å². The Hall–Kier alpha value is -2.25. The molecule has 1 aromatic heterocycles. The van der Waals surface area contributed by atoms with Gasteiger partial charge in [-0.05, 0) is 30.5 Å². The van der Waals surface area contributed by atoms with Crippen LogP contribution in [0.4, 0.5) is 5.69 Å². The lowest BCUT2D eigenvalue weighted by Gasteiger charge is -2.24. The van der Waals surface area contributed by atoms with E-state index in [4.69, 9.17) is 26.2 Å². The molecular weight excluding hydrogens is 402 g/mol.